The van der Waals surface area contributed by atoms with Crippen molar-refractivity contribution in [3.63, 3.8) is 0 Å². The zero-order valence-corrected chi connectivity index (χ0v) is 14.0. The number of carbonyl (C=O) groups is 2. The van der Waals surface area contributed by atoms with Crippen LogP contribution in [0.4, 0.5) is 0 Å². The molecule has 5 nitrogen and oxygen atoms in total. The van der Waals surface area contributed by atoms with Crippen LogP contribution >= 0.6 is 0 Å². The monoisotopic (exact) mass is 320 g/mol. The highest BCUT2D eigenvalue weighted by atomic mass is 16.5. The van der Waals surface area contributed by atoms with Crippen molar-refractivity contribution in [2.75, 3.05) is 6.61 Å². The van der Waals surface area contributed by atoms with Crippen LogP contribution in [0.1, 0.15) is 34.1 Å². The van der Waals surface area contributed by atoms with Crippen LogP contribution in [0.25, 0.3) is 0 Å². The van der Waals surface area contributed by atoms with Crippen LogP contribution in [0.3, 0.4) is 0 Å². The molecule has 0 aromatic heterocycles. The average Bonchev–Trinajstić information content (AvgIpc) is 2.49. The van der Waals surface area contributed by atoms with Crippen molar-refractivity contribution in [3.05, 3.63) is 35.6 Å². The molecule has 4 unspecified atom stereocenters. The van der Waals surface area contributed by atoms with E-state index in [1.807, 2.05) is 6.92 Å². The van der Waals surface area contributed by atoms with E-state index in [-0.39, 0.29) is 11.3 Å². The molecule has 3 aliphatic rings. The SMILES string of the molecule is CC=CC=CC(O)=C1C(=O)C2(C)C(=O)C(C)(O)C1CC2OCC. The lowest BCUT2D eigenvalue weighted by Crippen LogP contribution is -2.69. The third-order valence-electron chi connectivity index (χ3n) is 4.97. The molecule has 0 aliphatic heterocycles. The first-order valence-electron chi connectivity index (χ1n) is 7.89. The van der Waals surface area contributed by atoms with Gasteiger partial charge in [-0.1, -0.05) is 18.2 Å². The van der Waals surface area contributed by atoms with E-state index in [1.54, 1.807) is 25.2 Å². The number of Topliss-reactive ketones (excluding diaryl/α,β-unsaturated/α-hetero) is 2. The molecule has 126 valence electrons. The Kier molecular flexibility index (Phi) is 4.64. The highest BCUT2D eigenvalue weighted by Crippen LogP contribution is 2.54. The van der Waals surface area contributed by atoms with Crippen LogP contribution in [-0.4, -0.2) is 40.1 Å². The minimum atomic E-state index is -1.69. The molecule has 0 spiro atoms. The molecule has 0 aromatic rings. The minimum Gasteiger partial charge on any atom is -0.508 e. The molecule has 23 heavy (non-hydrogen) atoms. The maximum Gasteiger partial charge on any atom is 0.180 e. The van der Waals surface area contributed by atoms with Crippen LogP contribution in [0, 0.1) is 11.3 Å². The highest BCUT2D eigenvalue weighted by Gasteiger charge is 2.68. The van der Waals surface area contributed by atoms with Crippen molar-refractivity contribution >= 4 is 11.6 Å². The van der Waals surface area contributed by atoms with Gasteiger partial charge in [-0.2, -0.15) is 0 Å². The van der Waals surface area contributed by atoms with Crippen LogP contribution in [-0.2, 0) is 14.3 Å². The Hall–Kier alpha value is -1.72. The lowest BCUT2D eigenvalue weighted by Gasteiger charge is -2.54. The van der Waals surface area contributed by atoms with Crippen molar-refractivity contribution in [1.82, 2.24) is 0 Å². The summed E-state index contributed by atoms with van der Waals surface area (Å²) in [6, 6.07) is 0. The van der Waals surface area contributed by atoms with Crippen molar-refractivity contribution in [2.24, 2.45) is 11.3 Å². The Labute approximate surface area is 136 Å². The third kappa shape index (κ3) is 2.48. The van der Waals surface area contributed by atoms with E-state index in [4.69, 9.17) is 4.74 Å². The largest absolute Gasteiger partial charge is 0.508 e. The molecule has 3 rings (SSSR count). The van der Waals surface area contributed by atoms with Crippen LogP contribution in [0.2, 0.25) is 0 Å². The van der Waals surface area contributed by atoms with E-state index < -0.39 is 34.6 Å². The standard InChI is InChI=1S/C18H24O5/c1-5-7-8-9-12(19)14-11-10-13(23-6-2)17(3,15(14)20)16(21)18(11,4)22/h5,7-9,11,13,19,22H,6,10H2,1-4H3. The molecule has 0 radical (unpaired) electrons. The summed E-state index contributed by atoms with van der Waals surface area (Å²) in [6.45, 7) is 6.93. The van der Waals surface area contributed by atoms with E-state index in [9.17, 15) is 19.8 Å². The molecule has 3 fully saturated rings. The van der Waals surface area contributed by atoms with Gasteiger partial charge in [-0.15, -0.1) is 0 Å². The number of hydrogen-bond acceptors (Lipinski definition) is 5. The fourth-order valence-corrected chi connectivity index (χ4v) is 3.67. The average molecular weight is 320 g/mol. The minimum absolute atomic E-state index is 0.119. The van der Waals surface area contributed by atoms with Gasteiger partial charge in [0, 0.05) is 18.1 Å². The molecule has 5 heteroatoms. The second kappa shape index (κ2) is 6.06. The van der Waals surface area contributed by atoms with E-state index in [1.165, 1.54) is 19.9 Å². The summed E-state index contributed by atoms with van der Waals surface area (Å²) in [5.41, 5.74) is -3.03. The number of hydrogen-bond donors (Lipinski definition) is 2. The van der Waals surface area contributed by atoms with Gasteiger partial charge in [-0.3, -0.25) is 9.59 Å². The van der Waals surface area contributed by atoms with Gasteiger partial charge in [0.2, 0.25) is 0 Å². The molecule has 3 saturated carbocycles. The second-order valence-corrected chi connectivity index (χ2v) is 6.42. The van der Waals surface area contributed by atoms with Crippen LogP contribution < -0.4 is 0 Å². The van der Waals surface area contributed by atoms with Gasteiger partial charge in [0.1, 0.15) is 16.8 Å². The summed E-state index contributed by atoms with van der Waals surface area (Å²) in [5, 5.41) is 21.0. The molecule has 2 N–H and O–H groups in total. The summed E-state index contributed by atoms with van der Waals surface area (Å²) >= 11 is 0. The number of fused-ring (bicyclic) bond motifs is 3. The third-order valence-corrected chi connectivity index (χ3v) is 4.97. The molecule has 3 aliphatic carbocycles. The fraction of sp³-hybridized carbons (Fsp3) is 0.556. The molecule has 2 bridgehead atoms. The Bertz CT molecular complexity index is 611. The summed E-state index contributed by atoms with van der Waals surface area (Å²) in [7, 11) is 0. The van der Waals surface area contributed by atoms with E-state index in [0.717, 1.165) is 0 Å². The van der Waals surface area contributed by atoms with E-state index in [0.29, 0.717) is 13.0 Å². The van der Waals surface area contributed by atoms with E-state index >= 15 is 0 Å². The zero-order chi connectivity index (χ0) is 17.4. The number of ketones is 2. The predicted octanol–water partition coefficient (Wildman–Crippen LogP) is 2.26. The molecule has 0 saturated heterocycles. The van der Waals surface area contributed by atoms with Gasteiger partial charge in [0.15, 0.2) is 11.6 Å². The highest BCUT2D eigenvalue weighted by molar-refractivity contribution is 6.21. The Morgan fingerprint density at radius 2 is 2.00 bits per heavy atom. The lowest BCUT2D eigenvalue weighted by atomic mass is 9.50. The summed E-state index contributed by atoms with van der Waals surface area (Å²) < 4.78 is 5.59. The first-order chi connectivity index (χ1) is 10.7. The first kappa shape index (κ1) is 17.6. The predicted molar refractivity (Wildman–Crippen MR) is 85.9 cm³/mol. The summed E-state index contributed by atoms with van der Waals surface area (Å²) in [5.74, 6) is -1.95. The molecule has 0 amide bonds. The van der Waals surface area contributed by atoms with Gasteiger partial charge in [-0.25, -0.2) is 0 Å². The summed E-state index contributed by atoms with van der Waals surface area (Å²) in [4.78, 5) is 25.6. The molecule has 4 atom stereocenters. The van der Waals surface area contributed by atoms with Gasteiger partial charge >= 0.3 is 0 Å². The lowest BCUT2D eigenvalue weighted by molar-refractivity contribution is -0.186. The van der Waals surface area contributed by atoms with Gasteiger partial charge in [0.25, 0.3) is 0 Å². The normalized spacial score (nSPS) is 39.7. The van der Waals surface area contributed by atoms with Crippen molar-refractivity contribution < 1.29 is 24.5 Å². The molecular formula is C18H24O5. The van der Waals surface area contributed by atoms with Gasteiger partial charge in [-0.05, 0) is 40.2 Å². The van der Waals surface area contributed by atoms with Gasteiger partial charge < -0.3 is 14.9 Å². The van der Waals surface area contributed by atoms with E-state index in [2.05, 4.69) is 0 Å². The van der Waals surface area contributed by atoms with Crippen LogP contribution in [0.15, 0.2) is 35.6 Å². The van der Waals surface area contributed by atoms with Crippen molar-refractivity contribution in [2.45, 2.75) is 45.8 Å². The number of aliphatic hydroxyl groups is 2. The number of ether oxygens (including phenoxy) is 1. The number of allylic oxidation sites excluding steroid dienone is 4. The molecular weight excluding hydrogens is 296 g/mol. The summed E-state index contributed by atoms with van der Waals surface area (Å²) in [6.07, 6.45) is 6.27. The quantitative estimate of drug-likeness (QED) is 0.359. The Balaban J connectivity index is 2.57. The number of aliphatic hydroxyl groups excluding tert-OH is 1. The first-order valence-corrected chi connectivity index (χ1v) is 7.89. The zero-order valence-electron chi connectivity index (χ0n) is 14.0. The maximum absolute atomic E-state index is 12.9. The Morgan fingerprint density at radius 1 is 1.35 bits per heavy atom. The second-order valence-electron chi connectivity index (χ2n) is 6.42. The topological polar surface area (TPSA) is 83.8 Å². The van der Waals surface area contributed by atoms with Crippen molar-refractivity contribution in [1.29, 1.82) is 0 Å². The fourth-order valence-electron chi connectivity index (χ4n) is 3.67. The number of rotatable bonds is 4. The molecule has 0 aromatic carbocycles. The smallest absolute Gasteiger partial charge is 0.180 e. The van der Waals surface area contributed by atoms with Crippen molar-refractivity contribution in [3.8, 4) is 0 Å². The number of carbonyl (C=O) groups excluding carboxylic acids is 2. The Morgan fingerprint density at radius 3 is 2.57 bits per heavy atom. The maximum atomic E-state index is 12.9. The van der Waals surface area contributed by atoms with Crippen LogP contribution in [0.5, 0.6) is 0 Å². The molecule has 0 heterocycles. The van der Waals surface area contributed by atoms with Gasteiger partial charge in [0.05, 0.1) is 6.10 Å².